The molecule has 2 aromatic carbocycles. The Balaban J connectivity index is 1.77. The number of non-ortho nitro benzene ring substituents is 1. The van der Waals surface area contributed by atoms with E-state index < -0.39 is 28.9 Å². The highest BCUT2D eigenvalue weighted by Gasteiger charge is 2.39. The van der Waals surface area contributed by atoms with Gasteiger partial charge in [-0.3, -0.25) is 10.1 Å². The Bertz CT molecular complexity index is 1330. The Hall–Kier alpha value is -4.13. The van der Waals surface area contributed by atoms with Crippen molar-refractivity contribution in [3.8, 4) is 11.5 Å². The minimum atomic E-state index is -1.00. The zero-order valence-corrected chi connectivity index (χ0v) is 24.2. The number of nitrogens with zero attached hydrogens (tertiary/aromatic N) is 1. The first-order valence-corrected chi connectivity index (χ1v) is 13.6. The Kier molecular flexibility index (Phi) is 12.1. The molecular formula is C29H33ClN2O10. The highest BCUT2D eigenvalue weighted by Crippen LogP contribution is 2.40. The lowest BCUT2D eigenvalue weighted by Crippen LogP contribution is -2.35. The van der Waals surface area contributed by atoms with E-state index in [0.717, 1.165) is 0 Å². The molecule has 13 heteroatoms. The van der Waals surface area contributed by atoms with Crippen LogP contribution in [0.25, 0.3) is 0 Å². The van der Waals surface area contributed by atoms with Crippen LogP contribution in [-0.2, 0) is 23.8 Å². The molecule has 0 radical (unpaired) electrons. The number of hydrogen-bond donors (Lipinski definition) is 2. The van der Waals surface area contributed by atoms with Gasteiger partial charge in [0.05, 0.1) is 60.5 Å². The standard InChI is InChI=1S/C29H33ClN2O10/c1-4-40-29(35)27-24(17-39-12-13-41-22-8-10-23(11-9-22)42-16-21(33)15-30)31-18(2)25(28(34)38-3)26(27)19-6-5-7-20(14-19)32(36)37/h5-11,14,21,26,31,33H,4,12-13,15-17H2,1-3H3. The number of alkyl halides is 1. The van der Waals surface area contributed by atoms with E-state index in [4.69, 9.17) is 35.3 Å². The number of esters is 2. The molecule has 0 amide bonds. The molecule has 1 aliphatic heterocycles. The molecule has 0 aliphatic carbocycles. The normalized spacial score (nSPS) is 15.5. The van der Waals surface area contributed by atoms with E-state index in [1.54, 1.807) is 44.2 Å². The summed E-state index contributed by atoms with van der Waals surface area (Å²) in [6.45, 7) is 3.70. The number of aliphatic hydroxyl groups is 1. The molecule has 2 unspecified atom stereocenters. The number of dihydropyridines is 1. The molecule has 0 spiro atoms. The predicted molar refractivity (Wildman–Crippen MR) is 152 cm³/mol. The van der Waals surface area contributed by atoms with E-state index in [9.17, 15) is 24.8 Å². The second-order valence-electron chi connectivity index (χ2n) is 9.04. The van der Waals surface area contributed by atoms with Crippen molar-refractivity contribution < 1.29 is 43.3 Å². The molecule has 2 atom stereocenters. The highest BCUT2D eigenvalue weighted by atomic mass is 35.5. The summed E-state index contributed by atoms with van der Waals surface area (Å²) in [6, 6.07) is 12.5. The van der Waals surface area contributed by atoms with Gasteiger partial charge in [0, 0.05) is 17.8 Å². The van der Waals surface area contributed by atoms with Crippen molar-refractivity contribution in [2.75, 3.05) is 46.0 Å². The molecule has 2 aromatic rings. The van der Waals surface area contributed by atoms with Crippen molar-refractivity contribution in [2.45, 2.75) is 25.9 Å². The number of methoxy groups -OCH3 is 1. The molecule has 42 heavy (non-hydrogen) atoms. The summed E-state index contributed by atoms with van der Waals surface area (Å²) in [5.74, 6) is -1.20. The van der Waals surface area contributed by atoms with Gasteiger partial charge < -0.3 is 34.1 Å². The zero-order chi connectivity index (χ0) is 30.6. The molecule has 0 bridgehead atoms. The van der Waals surface area contributed by atoms with Gasteiger partial charge in [-0.05, 0) is 43.7 Å². The molecule has 3 rings (SSSR count). The molecule has 226 valence electrons. The van der Waals surface area contributed by atoms with Crippen molar-refractivity contribution in [3.63, 3.8) is 0 Å². The van der Waals surface area contributed by atoms with Crippen LogP contribution in [-0.4, -0.2) is 74.1 Å². The first kappa shape index (κ1) is 32.4. The maximum absolute atomic E-state index is 13.2. The molecular weight excluding hydrogens is 572 g/mol. The fraction of sp³-hybridized carbons (Fsp3) is 0.379. The van der Waals surface area contributed by atoms with Gasteiger partial charge >= 0.3 is 11.9 Å². The Morgan fingerprint density at radius 2 is 1.76 bits per heavy atom. The van der Waals surface area contributed by atoms with E-state index >= 15 is 0 Å². The molecule has 12 nitrogen and oxygen atoms in total. The number of rotatable bonds is 15. The predicted octanol–water partition coefficient (Wildman–Crippen LogP) is 3.62. The van der Waals surface area contributed by atoms with Gasteiger partial charge in [0.15, 0.2) is 0 Å². The second-order valence-corrected chi connectivity index (χ2v) is 9.35. The third-order valence-corrected chi connectivity index (χ3v) is 6.50. The van der Waals surface area contributed by atoms with Crippen LogP contribution in [0.3, 0.4) is 0 Å². The number of aliphatic hydroxyl groups excluding tert-OH is 1. The highest BCUT2D eigenvalue weighted by molar-refractivity contribution is 6.18. The van der Waals surface area contributed by atoms with Crippen LogP contribution < -0.4 is 14.8 Å². The van der Waals surface area contributed by atoms with Crippen LogP contribution in [0.5, 0.6) is 11.5 Å². The van der Waals surface area contributed by atoms with E-state index in [1.165, 1.54) is 25.3 Å². The summed E-state index contributed by atoms with van der Waals surface area (Å²) >= 11 is 5.56. The Morgan fingerprint density at radius 1 is 1.07 bits per heavy atom. The molecule has 0 fully saturated rings. The molecule has 1 heterocycles. The third kappa shape index (κ3) is 8.44. The van der Waals surface area contributed by atoms with Gasteiger partial charge in [-0.15, -0.1) is 11.6 Å². The fourth-order valence-electron chi connectivity index (χ4n) is 4.25. The first-order valence-electron chi connectivity index (χ1n) is 13.1. The molecule has 2 N–H and O–H groups in total. The largest absolute Gasteiger partial charge is 0.491 e. The maximum atomic E-state index is 13.2. The minimum Gasteiger partial charge on any atom is -0.491 e. The van der Waals surface area contributed by atoms with Crippen LogP contribution in [0.1, 0.15) is 25.3 Å². The van der Waals surface area contributed by atoms with Crippen LogP contribution in [0.4, 0.5) is 5.69 Å². The number of allylic oxidation sites excluding steroid dienone is 1. The van der Waals surface area contributed by atoms with Crippen molar-refractivity contribution in [1.82, 2.24) is 5.32 Å². The van der Waals surface area contributed by atoms with E-state index in [1.807, 2.05) is 0 Å². The quantitative estimate of drug-likeness (QED) is 0.101. The van der Waals surface area contributed by atoms with Crippen molar-refractivity contribution in [2.24, 2.45) is 0 Å². The SMILES string of the molecule is CCOC(=O)C1=C(COCCOc2ccc(OCC(O)CCl)cc2)NC(C)=C(C(=O)OC)C1c1cccc([N+](=O)[O-])c1. The van der Waals surface area contributed by atoms with Gasteiger partial charge in [0.25, 0.3) is 5.69 Å². The van der Waals surface area contributed by atoms with Crippen molar-refractivity contribution in [1.29, 1.82) is 0 Å². The molecule has 0 saturated heterocycles. The van der Waals surface area contributed by atoms with Gasteiger partial charge in [-0.1, -0.05) is 12.1 Å². The number of nitro benzene ring substituents is 1. The summed E-state index contributed by atoms with van der Waals surface area (Å²) in [7, 11) is 1.21. The van der Waals surface area contributed by atoms with E-state index in [2.05, 4.69) is 5.32 Å². The second kappa shape index (κ2) is 15.8. The van der Waals surface area contributed by atoms with E-state index in [0.29, 0.717) is 28.5 Å². The monoisotopic (exact) mass is 604 g/mol. The minimum absolute atomic E-state index is 0.0651. The summed E-state index contributed by atoms with van der Waals surface area (Å²) in [5, 5.41) is 24.0. The van der Waals surface area contributed by atoms with Gasteiger partial charge in [0.1, 0.15) is 30.8 Å². The third-order valence-electron chi connectivity index (χ3n) is 6.15. The smallest absolute Gasteiger partial charge is 0.336 e. The lowest BCUT2D eigenvalue weighted by atomic mass is 9.80. The first-order chi connectivity index (χ1) is 20.2. The summed E-state index contributed by atoms with van der Waals surface area (Å²) in [5.41, 5.74) is 1.10. The zero-order valence-electron chi connectivity index (χ0n) is 23.5. The lowest BCUT2D eigenvalue weighted by molar-refractivity contribution is -0.384. The molecule has 0 aromatic heterocycles. The summed E-state index contributed by atoms with van der Waals surface area (Å²) in [6.07, 6.45) is -0.759. The Labute approximate surface area is 247 Å². The molecule has 1 aliphatic rings. The van der Waals surface area contributed by atoms with Crippen molar-refractivity contribution in [3.05, 3.63) is 86.7 Å². The van der Waals surface area contributed by atoms with Gasteiger partial charge in [0.2, 0.25) is 0 Å². The van der Waals surface area contributed by atoms with Gasteiger partial charge in [-0.2, -0.15) is 0 Å². The number of benzene rings is 2. The van der Waals surface area contributed by atoms with Gasteiger partial charge in [-0.25, -0.2) is 9.59 Å². The maximum Gasteiger partial charge on any atom is 0.336 e. The van der Waals surface area contributed by atoms with E-state index in [-0.39, 0.29) is 55.7 Å². The van der Waals surface area contributed by atoms with Crippen LogP contribution in [0, 0.1) is 10.1 Å². The lowest BCUT2D eigenvalue weighted by Gasteiger charge is -2.31. The number of carbonyl (C=O) groups is 2. The molecule has 0 saturated carbocycles. The summed E-state index contributed by atoms with van der Waals surface area (Å²) in [4.78, 5) is 37.0. The summed E-state index contributed by atoms with van der Waals surface area (Å²) < 4.78 is 27.2. The number of nitrogens with one attached hydrogen (secondary N) is 1. The fourth-order valence-corrected chi connectivity index (χ4v) is 4.34. The Morgan fingerprint density at radius 3 is 2.38 bits per heavy atom. The van der Waals surface area contributed by atoms with Crippen LogP contribution in [0.15, 0.2) is 71.1 Å². The number of hydrogen-bond acceptors (Lipinski definition) is 11. The van der Waals surface area contributed by atoms with Crippen LogP contribution >= 0.6 is 11.6 Å². The average Bonchev–Trinajstić information content (AvgIpc) is 2.99. The van der Waals surface area contributed by atoms with Crippen molar-refractivity contribution >= 4 is 29.2 Å². The number of nitro groups is 1. The van der Waals surface area contributed by atoms with Crippen LogP contribution in [0.2, 0.25) is 0 Å². The average molecular weight is 605 g/mol. The topological polar surface area (TPSA) is 156 Å². The number of halogens is 1. The number of carbonyl (C=O) groups excluding carboxylic acids is 2. The number of ether oxygens (including phenoxy) is 5.